The molecule has 3 unspecified atom stereocenters. The summed E-state index contributed by atoms with van der Waals surface area (Å²) in [5, 5.41) is 0.860. The smallest absolute Gasteiger partial charge is 0.0190 e. The Morgan fingerprint density at radius 3 is 2.44 bits per heavy atom. The molecule has 2 rings (SSSR count). The molecule has 0 aromatic rings. The van der Waals surface area contributed by atoms with Gasteiger partial charge in [0.2, 0.25) is 0 Å². The Hall–Kier alpha value is 0.700. The van der Waals surface area contributed by atoms with Gasteiger partial charge in [-0.15, -0.1) is 0 Å². The van der Waals surface area contributed by atoms with Crippen LogP contribution in [-0.2, 0) is 0 Å². The molecule has 2 heteroatoms. The molecule has 0 spiro atoms. The summed E-state index contributed by atoms with van der Waals surface area (Å²) in [4.78, 5) is 0. The lowest BCUT2D eigenvalue weighted by Gasteiger charge is -2.17. The maximum atomic E-state index is 4.99. The Bertz CT molecular complexity index is 113. The molecule has 2 fully saturated rings. The average molecular weight is 159 g/mol. The minimum Gasteiger partial charge on any atom is -0.0780 e. The SMILES string of the molecule is [S]SC1CC2CCC1C2. The first kappa shape index (κ1) is 6.41. The van der Waals surface area contributed by atoms with Crippen LogP contribution in [0.3, 0.4) is 0 Å². The molecule has 51 valence electrons. The summed E-state index contributed by atoms with van der Waals surface area (Å²) in [6, 6.07) is 0. The zero-order chi connectivity index (χ0) is 6.27. The van der Waals surface area contributed by atoms with Gasteiger partial charge in [0.25, 0.3) is 0 Å². The normalized spacial score (nSPS) is 48.3. The maximum Gasteiger partial charge on any atom is 0.0190 e. The van der Waals surface area contributed by atoms with E-state index in [2.05, 4.69) is 0 Å². The van der Waals surface area contributed by atoms with E-state index >= 15 is 0 Å². The van der Waals surface area contributed by atoms with Crippen LogP contribution >= 0.6 is 22.5 Å². The molecule has 9 heavy (non-hydrogen) atoms. The van der Waals surface area contributed by atoms with E-state index in [0.717, 1.165) is 17.1 Å². The van der Waals surface area contributed by atoms with E-state index in [1.54, 1.807) is 10.8 Å². The van der Waals surface area contributed by atoms with Gasteiger partial charge in [0.05, 0.1) is 0 Å². The fourth-order valence-corrected chi connectivity index (χ4v) is 3.77. The van der Waals surface area contributed by atoms with Crippen molar-refractivity contribution in [3.63, 3.8) is 0 Å². The maximum absolute atomic E-state index is 4.99. The van der Waals surface area contributed by atoms with Crippen LogP contribution in [0, 0.1) is 11.8 Å². The van der Waals surface area contributed by atoms with Gasteiger partial charge in [0.15, 0.2) is 0 Å². The highest BCUT2D eigenvalue weighted by Gasteiger charge is 2.39. The lowest BCUT2D eigenvalue weighted by atomic mass is 10.0. The monoisotopic (exact) mass is 159 g/mol. The third-order valence-corrected chi connectivity index (χ3v) is 4.36. The van der Waals surface area contributed by atoms with Gasteiger partial charge in [-0.3, -0.25) is 0 Å². The molecular formula is C7H11S2. The lowest BCUT2D eigenvalue weighted by molar-refractivity contribution is 0.493. The third kappa shape index (κ3) is 1.01. The first-order chi connectivity index (χ1) is 4.40. The highest BCUT2D eigenvalue weighted by Crippen LogP contribution is 2.49. The van der Waals surface area contributed by atoms with Gasteiger partial charge in [-0.2, -0.15) is 0 Å². The quantitative estimate of drug-likeness (QED) is 0.530. The average Bonchev–Trinajstić information content (AvgIpc) is 2.45. The van der Waals surface area contributed by atoms with Crippen LogP contribution in [0.2, 0.25) is 0 Å². The van der Waals surface area contributed by atoms with Crippen molar-refractivity contribution in [2.24, 2.45) is 11.8 Å². The van der Waals surface area contributed by atoms with Crippen molar-refractivity contribution >= 4 is 22.5 Å². The largest absolute Gasteiger partial charge is 0.0780 e. The van der Waals surface area contributed by atoms with Crippen LogP contribution < -0.4 is 0 Å². The lowest BCUT2D eigenvalue weighted by Crippen LogP contribution is -2.10. The van der Waals surface area contributed by atoms with Crippen molar-refractivity contribution in [2.75, 3.05) is 0 Å². The molecule has 2 aliphatic carbocycles. The summed E-state index contributed by atoms with van der Waals surface area (Å²) < 4.78 is 0. The van der Waals surface area contributed by atoms with Crippen LogP contribution in [0.15, 0.2) is 0 Å². The van der Waals surface area contributed by atoms with Gasteiger partial charge < -0.3 is 0 Å². The summed E-state index contributed by atoms with van der Waals surface area (Å²) in [5.41, 5.74) is 0. The number of rotatable bonds is 1. The van der Waals surface area contributed by atoms with E-state index in [-0.39, 0.29) is 0 Å². The Kier molecular flexibility index (Phi) is 1.70. The van der Waals surface area contributed by atoms with Gasteiger partial charge in [-0.1, -0.05) is 17.2 Å². The zero-order valence-corrected chi connectivity index (χ0v) is 7.01. The predicted octanol–water partition coefficient (Wildman–Crippen LogP) is 3.02. The second-order valence-electron chi connectivity index (χ2n) is 3.31. The van der Waals surface area contributed by atoms with Crippen molar-refractivity contribution in [1.29, 1.82) is 0 Å². The van der Waals surface area contributed by atoms with E-state index < -0.39 is 0 Å². The Labute approximate surface area is 65.6 Å². The van der Waals surface area contributed by atoms with Gasteiger partial charge in [0, 0.05) is 5.25 Å². The molecule has 0 saturated heterocycles. The van der Waals surface area contributed by atoms with Crippen LogP contribution in [-0.4, -0.2) is 5.25 Å². The molecule has 0 amide bonds. The van der Waals surface area contributed by atoms with Crippen molar-refractivity contribution in [3.05, 3.63) is 0 Å². The summed E-state index contributed by atoms with van der Waals surface area (Å²) in [6.45, 7) is 0. The molecule has 2 bridgehead atoms. The van der Waals surface area contributed by atoms with E-state index in [9.17, 15) is 0 Å². The van der Waals surface area contributed by atoms with Crippen molar-refractivity contribution in [3.8, 4) is 0 Å². The van der Waals surface area contributed by atoms with Crippen molar-refractivity contribution < 1.29 is 0 Å². The Morgan fingerprint density at radius 1 is 1.22 bits per heavy atom. The van der Waals surface area contributed by atoms with E-state index in [1.807, 2.05) is 0 Å². The van der Waals surface area contributed by atoms with Crippen LogP contribution in [0.5, 0.6) is 0 Å². The molecular weight excluding hydrogens is 148 g/mol. The summed E-state index contributed by atoms with van der Waals surface area (Å²) >= 11 is 4.99. The Morgan fingerprint density at radius 2 is 2.11 bits per heavy atom. The molecule has 2 aliphatic rings. The second kappa shape index (κ2) is 2.39. The minimum absolute atomic E-state index is 0.860. The number of fused-ring (bicyclic) bond motifs is 2. The summed E-state index contributed by atoms with van der Waals surface area (Å²) in [7, 11) is 1.68. The number of hydrogen-bond acceptors (Lipinski definition) is 1. The van der Waals surface area contributed by atoms with Gasteiger partial charge in [-0.25, -0.2) is 0 Å². The molecule has 0 aliphatic heterocycles. The molecule has 0 heterocycles. The molecule has 2 saturated carbocycles. The van der Waals surface area contributed by atoms with Crippen LogP contribution in [0.1, 0.15) is 25.7 Å². The minimum atomic E-state index is 0.860. The van der Waals surface area contributed by atoms with Gasteiger partial charge in [0.1, 0.15) is 0 Å². The first-order valence-corrected chi connectivity index (χ1v) is 5.49. The van der Waals surface area contributed by atoms with Crippen molar-refractivity contribution in [1.82, 2.24) is 0 Å². The summed E-state index contributed by atoms with van der Waals surface area (Å²) in [5.74, 6) is 2.08. The van der Waals surface area contributed by atoms with Gasteiger partial charge in [-0.05, 0) is 42.8 Å². The highest BCUT2D eigenvalue weighted by molar-refractivity contribution is 8.68. The molecule has 0 aromatic carbocycles. The number of hydrogen-bond donors (Lipinski definition) is 0. The van der Waals surface area contributed by atoms with E-state index in [1.165, 1.54) is 25.7 Å². The molecule has 0 N–H and O–H groups in total. The standard InChI is InChI=1S/C7H11S2/c8-9-7-4-5-1-2-6(7)3-5/h5-7H,1-4H2. The van der Waals surface area contributed by atoms with Gasteiger partial charge >= 0.3 is 0 Å². The fourth-order valence-electron chi connectivity index (χ4n) is 2.30. The summed E-state index contributed by atoms with van der Waals surface area (Å²) in [6.07, 6.45) is 5.89. The van der Waals surface area contributed by atoms with Crippen LogP contribution in [0.4, 0.5) is 0 Å². The van der Waals surface area contributed by atoms with E-state index in [0.29, 0.717) is 0 Å². The topological polar surface area (TPSA) is 0 Å². The highest BCUT2D eigenvalue weighted by atomic mass is 33.1. The molecule has 0 aromatic heterocycles. The molecule has 3 atom stereocenters. The Balaban J connectivity index is 2.01. The zero-order valence-electron chi connectivity index (χ0n) is 5.38. The molecule has 0 nitrogen and oxygen atoms in total. The molecule has 1 radical (unpaired) electrons. The second-order valence-corrected chi connectivity index (χ2v) is 4.68. The first-order valence-electron chi connectivity index (χ1n) is 3.69. The third-order valence-electron chi connectivity index (χ3n) is 2.80. The predicted molar refractivity (Wildman–Crippen MR) is 44.4 cm³/mol. The van der Waals surface area contributed by atoms with Crippen molar-refractivity contribution in [2.45, 2.75) is 30.9 Å². The van der Waals surface area contributed by atoms with E-state index in [4.69, 9.17) is 11.7 Å². The fraction of sp³-hybridized carbons (Fsp3) is 1.00. The van der Waals surface area contributed by atoms with Crippen LogP contribution in [0.25, 0.3) is 0 Å².